The molecule has 2 nitrogen and oxygen atoms in total. The fourth-order valence-corrected chi connectivity index (χ4v) is 4.28. The molecule has 1 aliphatic heterocycles. The zero-order valence-corrected chi connectivity index (χ0v) is 13.7. The van der Waals surface area contributed by atoms with Gasteiger partial charge in [-0.25, -0.2) is 0 Å². The van der Waals surface area contributed by atoms with E-state index in [1.54, 1.807) is 0 Å². The monoisotopic (exact) mass is 266 g/mol. The number of hydrogen-bond acceptors (Lipinski definition) is 2. The summed E-state index contributed by atoms with van der Waals surface area (Å²) in [5.74, 6) is 2.38. The lowest BCUT2D eigenvalue weighted by Crippen LogP contribution is -2.52. The second-order valence-corrected chi connectivity index (χ2v) is 8.02. The summed E-state index contributed by atoms with van der Waals surface area (Å²) in [6, 6.07) is 1.18. The van der Waals surface area contributed by atoms with E-state index in [9.17, 15) is 0 Å². The average molecular weight is 266 g/mol. The largest absolute Gasteiger partial charge is 0.327 e. The molecule has 1 aliphatic carbocycles. The van der Waals surface area contributed by atoms with Gasteiger partial charge in [-0.2, -0.15) is 0 Å². The Morgan fingerprint density at radius 1 is 1.11 bits per heavy atom. The average Bonchev–Trinajstić information content (AvgIpc) is 2.33. The molecule has 112 valence electrons. The Bertz CT molecular complexity index is 300. The second-order valence-electron chi connectivity index (χ2n) is 8.02. The van der Waals surface area contributed by atoms with Crippen molar-refractivity contribution in [2.45, 2.75) is 72.4 Å². The molecule has 2 rings (SSSR count). The normalized spacial score (nSPS) is 44.2. The maximum Gasteiger partial charge on any atom is 0.00698 e. The van der Waals surface area contributed by atoms with Crippen LogP contribution < -0.4 is 5.73 Å². The van der Waals surface area contributed by atoms with Gasteiger partial charge in [0, 0.05) is 18.6 Å². The molecule has 1 saturated carbocycles. The van der Waals surface area contributed by atoms with Gasteiger partial charge in [0.15, 0.2) is 0 Å². The Hall–Kier alpha value is -0.0800. The molecule has 1 saturated heterocycles. The molecule has 0 radical (unpaired) electrons. The summed E-state index contributed by atoms with van der Waals surface area (Å²) in [6.45, 7) is 14.7. The van der Waals surface area contributed by atoms with Gasteiger partial charge in [-0.15, -0.1) is 0 Å². The van der Waals surface area contributed by atoms with Crippen LogP contribution in [0.2, 0.25) is 0 Å². The third kappa shape index (κ3) is 3.16. The highest BCUT2D eigenvalue weighted by atomic mass is 15.2. The first-order valence-corrected chi connectivity index (χ1v) is 8.32. The number of nitrogens with two attached hydrogens (primary N) is 1. The predicted molar refractivity (Wildman–Crippen MR) is 83.1 cm³/mol. The van der Waals surface area contributed by atoms with Crippen LogP contribution >= 0.6 is 0 Å². The minimum Gasteiger partial charge on any atom is -0.327 e. The van der Waals surface area contributed by atoms with Crippen molar-refractivity contribution in [1.82, 2.24) is 4.90 Å². The summed E-state index contributed by atoms with van der Waals surface area (Å²) in [6.07, 6.45) is 5.29. The molecule has 0 spiro atoms. The highest BCUT2D eigenvalue weighted by molar-refractivity contribution is 4.95. The smallest absolute Gasteiger partial charge is 0.00698 e. The first-order valence-electron chi connectivity index (χ1n) is 8.32. The fraction of sp³-hybridized carbons (Fsp3) is 1.00. The Labute approximate surface area is 120 Å². The molecule has 0 bridgehead atoms. The Morgan fingerprint density at radius 3 is 2.42 bits per heavy atom. The highest BCUT2D eigenvalue weighted by Gasteiger charge is 2.42. The van der Waals surface area contributed by atoms with E-state index in [2.05, 4.69) is 39.5 Å². The van der Waals surface area contributed by atoms with Gasteiger partial charge >= 0.3 is 0 Å². The van der Waals surface area contributed by atoms with Crippen LogP contribution in [0.1, 0.15) is 60.3 Å². The van der Waals surface area contributed by atoms with E-state index in [-0.39, 0.29) is 0 Å². The summed E-state index contributed by atoms with van der Waals surface area (Å²) in [5.41, 5.74) is 6.67. The first-order chi connectivity index (χ1) is 8.82. The van der Waals surface area contributed by atoms with Gasteiger partial charge < -0.3 is 10.6 Å². The maximum absolute atomic E-state index is 6.28. The lowest BCUT2D eigenvalue weighted by Gasteiger charge is -2.50. The maximum atomic E-state index is 6.28. The minimum absolute atomic E-state index is 0.389. The summed E-state index contributed by atoms with van der Waals surface area (Å²) in [7, 11) is 0. The number of likely N-dealkylation sites (tertiary alicyclic amines) is 1. The second kappa shape index (κ2) is 5.73. The standard InChI is InChI=1S/C17H34N2/c1-12-8-9-19(13(2)10-12)11-15-6-7-16(18)14(3)17(15,4)5/h12-16H,6-11,18H2,1-5H3. The van der Waals surface area contributed by atoms with Crippen LogP contribution in [-0.4, -0.2) is 30.1 Å². The molecule has 2 aliphatic rings. The number of nitrogens with zero attached hydrogens (tertiary/aromatic N) is 1. The zero-order chi connectivity index (χ0) is 14.2. The molecule has 0 amide bonds. The van der Waals surface area contributed by atoms with Gasteiger partial charge in [0.2, 0.25) is 0 Å². The molecule has 19 heavy (non-hydrogen) atoms. The molecular formula is C17H34N2. The van der Waals surface area contributed by atoms with Crippen molar-refractivity contribution < 1.29 is 0 Å². The summed E-state index contributed by atoms with van der Waals surface area (Å²) < 4.78 is 0. The third-order valence-electron chi connectivity index (χ3n) is 6.45. The van der Waals surface area contributed by atoms with Crippen molar-refractivity contribution >= 4 is 0 Å². The van der Waals surface area contributed by atoms with E-state index in [1.807, 2.05) is 0 Å². The summed E-state index contributed by atoms with van der Waals surface area (Å²) in [5, 5.41) is 0. The van der Waals surface area contributed by atoms with Crippen molar-refractivity contribution in [3.63, 3.8) is 0 Å². The van der Waals surface area contributed by atoms with E-state index in [4.69, 9.17) is 5.73 Å². The molecule has 5 unspecified atom stereocenters. The Morgan fingerprint density at radius 2 is 1.79 bits per heavy atom. The van der Waals surface area contributed by atoms with Crippen LogP contribution in [0.3, 0.4) is 0 Å². The van der Waals surface area contributed by atoms with Gasteiger partial charge in [-0.3, -0.25) is 0 Å². The van der Waals surface area contributed by atoms with E-state index in [0.29, 0.717) is 17.4 Å². The third-order valence-corrected chi connectivity index (χ3v) is 6.45. The predicted octanol–water partition coefficient (Wildman–Crippen LogP) is 3.51. The molecular weight excluding hydrogens is 232 g/mol. The van der Waals surface area contributed by atoms with Crippen molar-refractivity contribution in [2.75, 3.05) is 13.1 Å². The molecule has 5 atom stereocenters. The minimum atomic E-state index is 0.389. The summed E-state index contributed by atoms with van der Waals surface area (Å²) >= 11 is 0. The van der Waals surface area contributed by atoms with E-state index in [1.165, 1.54) is 38.8 Å². The van der Waals surface area contributed by atoms with Crippen LogP contribution in [0, 0.1) is 23.2 Å². The number of rotatable bonds is 2. The molecule has 2 N–H and O–H groups in total. The molecule has 0 aromatic heterocycles. The quantitative estimate of drug-likeness (QED) is 0.829. The van der Waals surface area contributed by atoms with E-state index >= 15 is 0 Å². The van der Waals surface area contributed by atoms with Crippen LogP contribution in [0.25, 0.3) is 0 Å². The van der Waals surface area contributed by atoms with Crippen LogP contribution in [0.15, 0.2) is 0 Å². The lowest BCUT2D eigenvalue weighted by molar-refractivity contribution is 0.00817. The van der Waals surface area contributed by atoms with Crippen molar-refractivity contribution in [3.05, 3.63) is 0 Å². The van der Waals surface area contributed by atoms with Crippen LogP contribution in [0.4, 0.5) is 0 Å². The van der Waals surface area contributed by atoms with Crippen molar-refractivity contribution in [3.8, 4) is 0 Å². The molecule has 0 aromatic rings. The molecule has 1 heterocycles. The van der Waals surface area contributed by atoms with Crippen LogP contribution in [0.5, 0.6) is 0 Å². The van der Waals surface area contributed by atoms with E-state index in [0.717, 1.165) is 17.9 Å². The van der Waals surface area contributed by atoms with Crippen LogP contribution in [-0.2, 0) is 0 Å². The Kier molecular flexibility index (Phi) is 4.62. The van der Waals surface area contributed by atoms with Gasteiger partial charge in [-0.05, 0) is 62.3 Å². The molecule has 2 fully saturated rings. The van der Waals surface area contributed by atoms with Gasteiger partial charge in [-0.1, -0.05) is 27.7 Å². The summed E-state index contributed by atoms with van der Waals surface area (Å²) in [4.78, 5) is 2.75. The SMILES string of the molecule is CC1CCN(CC2CCC(N)C(C)C2(C)C)C(C)C1. The van der Waals surface area contributed by atoms with Gasteiger partial charge in [0.25, 0.3) is 0 Å². The van der Waals surface area contributed by atoms with Gasteiger partial charge in [0.05, 0.1) is 0 Å². The zero-order valence-electron chi connectivity index (χ0n) is 13.7. The molecule has 0 aromatic carbocycles. The first kappa shape index (κ1) is 15.3. The number of hydrogen-bond donors (Lipinski definition) is 1. The topological polar surface area (TPSA) is 29.3 Å². The highest BCUT2D eigenvalue weighted by Crippen LogP contribution is 2.45. The Balaban J connectivity index is 1.98. The number of piperidine rings is 1. The van der Waals surface area contributed by atoms with Crippen molar-refractivity contribution in [1.29, 1.82) is 0 Å². The fourth-order valence-electron chi connectivity index (χ4n) is 4.28. The van der Waals surface area contributed by atoms with Crippen molar-refractivity contribution in [2.24, 2.45) is 28.9 Å². The molecule has 2 heteroatoms. The van der Waals surface area contributed by atoms with E-state index < -0.39 is 0 Å². The lowest BCUT2D eigenvalue weighted by atomic mass is 9.61. The van der Waals surface area contributed by atoms with Gasteiger partial charge in [0.1, 0.15) is 0 Å².